The minimum atomic E-state index is -0.202. The van der Waals surface area contributed by atoms with Crippen molar-refractivity contribution in [3.05, 3.63) is 67.0 Å². The van der Waals surface area contributed by atoms with Crippen molar-refractivity contribution in [2.24, 2.45) is 0 Å². The summed E-state index contributed by atoms with van der Waals surface area (Å²) in [4.78, 5) is 12.0. The van der Waals surface area contributed by atoms with Gasteiger partial charge in [-0.2, -0.15) is 0 Å². The van der Waals surface area contributed by atoms with Gasteiger partial charge in [-0.3, -0.25) is 9.36 Å². The van der Waals surface area contributed by atoms with E-state index in [1.807, 2.05) is 60.7 Å². The molecule has 6 heteroatoms. The Morgan fingerprint density at radius 2 is 1.67 bits per heavy atom. The number of carbonyl (C=O) groups is 1. The van der Waals surface area contributed by atoms with E-state index in [2.05, 4.69) is 15.5 Å². The zero-order valence-corrected chi connectivity index (χ0v) is 11.8. The molecule has 1 amide bonds. The molecule has 5 nitrogen and oxygen atoms in total. The van der Waals surface area contributed by atoms with Crippen LogP contribution in [0.1, 0.15) is 0 Å². The molecule has 0 aliphatic rings. The molecule has 1 heterocycles. The lowest BCUT2D eigenvalue weighted by Crippen LogP contribution is -2.06. The zero-order valence-electron chi connectivity index (χ0n) is 11.0. The Hall–Kier alpha value is -2.60. The molecule has 1 aromatic heterocycles. The fourth-order valence-electron chi connectivity index (χ4n) is 1.81. The Kier molecular flexibility index (Phi) is 3.97. The SMILES string of the molecule is O=C(Nc1ccccc1)Sc1nncn1-c1ccccc1. The van der Waals surface area contributed by atoms with E-state index >= 15 is 0 Å². The first kappa shape index (κ1) is 13.4. The molecule has 0 unspecified atom stereocenters. The Morgan fingerprint density at radius 1 is 1.00 bits per heavy atom. The molecular formula is C15H12N4OS. The van der Waals surface area contributed by atoms with Crippen LogP contribution in [-0.2, 0) is 0 Å². The third-order valence-electron chi connectivity index (χ3n) is 2.76. The van der Waals surface area contributed by atoms with Crippen molar-refractivity contribution in [2.75, 3.05) is 5.32 Å². The number of rotatable bonds is 3. The molecule has 0 aliphatic carbocycles. The predicted octanol–water partition coefficient (Wildman–Crippen LogP) is 3.59. The van der Waals surface area contributed by atoms with Gasteiger partial charge in [-0.1, -0.05) is 36.4 Å². The van der Waals surface area contributed by atoms with E-state index in [1.54, 1.807) is 10.9 Å². The highest BCUT2D eigenvalue weighted by Crippen LogP contribution is 2.21. The van der Waals surface area contributed by atoms with Crippen LogP contribution in [-0.4, -0.2) is 20.0 Å². The van der Waals surface area contributed by atoms with E-state index in [0.29, 0.717) is 5.16 Å². The maximum absolute atomic E-state index is 12.0. The van der Waals surface area contributed by atoms with E-state index in [-0.39, 0.29) is 5.24 Å². The first-order valence-electron chi connectivity index (χ1n) is 6.32. The first-order valence-corrected chi connectivity index (χ1v) is 7.14. The highest BCUT2D eigenvalue weighted by atomic mass is 32.2. The molecule has 0 saturated carbocycles. The predicted molar refractivity (Wildman–Crippen MR) is 82.7 cm³/mol. The minimum absolute atomic E-state index is 0.202. The lowest BCUT2D eigenvalue weighted by Gasteiger charge is -2.06. The number of nitrogens with zero attached hydrogens (tertiary/aromatic N) is 3. The van der Waals surface area contributed by atoms with Gasteiger partial charge in [0.25, 0.3) is 5.24 Å². The van der Waals surface area contributed by atoms with Crippen molar-refractivity contribution in [3.8, 4) is 5.69 Å². The maximum atomic E-state index is 12.0. The topological polar surface area (TPSA) is 59.8 Å². The van der Waals surface area contributed by atoms with Gasteiger partial charge in [0, 0.05) is 23.1 Å². The number of carbonyl (C=O) groups excluding carboxylic acids is 1. The molecular weight excluding hydrogens is 284 g/mol. The zero-order chi connectivity index (χ0) is 14.5. The first-order chi connectivity index (χ1) is 10.3. The second-order valence-corrected chi connectivity index (χ2v) is 5.14. The van der Waals surface area contributed by atoms with Gasteiger partial charge in [0.2, 0.25) is 5.16 Å². The standard InChI is InChI=1S/C15H12N4OS/c20-15(17-12-7-3-1-4-8-12)21-14-18-16-11-19(14)13-9-5-2-6-10-13/h1-11H,(H,17,20). The van der Waals surface area contributed by atoms with E-state index < -0.39 is 0 Å². The maximum Gasteiger partial charge on any atom is 0.291 e. The Balaban J connectivity index is 1.74. The highest BCUT2D eigenvalue weighted by Gasteiger charge is 2.12. The minimum Gasteiger partial charge on any atom is -0.316 e. The van der Waals surface area contributed by atoms with Crippen LogP contribution in [0.3, 0.4) is 0 Å². The van der Waals surface area contributed by atoms with Crippen molar-refractivity contribution in [3.63, 3.8) is 0 Å². The van der Waals surface area contributed by atoms with Crippen LogP contribution in [0, 0.1) is 0 Å². The number of benzene rings is 2. The third-order valence-corrected chi connectivity index (χ3v) is 3.50. The Bertz CT molecular complexity index is 728. The van der Waals surface area contributed by atoms with Crippen LogP contribution < -0.4 is 5.32 Å². The number of para-hydroxylation sites is 2. The summed E-state index contributed by atoms with van der Waals surface area (Å²) in [5.41, 5.74) is 1.67. The molecule has 0 saturated heterocycles. The summed E-state index contributed by atoms with van der Waals surface area (Å²) < 4.78 is 1.77. The van der Waals surface area contributed by atoms with E-state index in [9.17, 15) is 4.79 Å². The Morgan fingerprint density at radius 3 is 2.38 bits per heavy atom. The smallest absolute Gasteiger partial charge is 0.291 e. The normalized spacial score (nSPS) is 10.3. The second kappa shape index (κ2) is 6.23. The summed E-state index contributed by atoms with van der Waals surface area (Å²) in [5.74, 6) is 0. The second-order valence-electron chi connectivity index (χ2n) is 4.20. The molecule has 1 N–H and O–H groups in total. The van der Waals surface area contributed by atoms with Crippen LogP contribution in [0.25, 0.3) is 5.69 Å². The van der Waals surface area contributed by atoms with E-state index in [0.717, 1.165) is 23.1 Å². The molecule has 0 aliphatic heterocycles. The number of hydrogen-bond donors (Lipinski definition) is 1. The largest absolute Gasteiger partial charge is 0.316 e. The van der Waals surface area contributed by atoms with E-state index in [1.165, 1.54) is 0 Å². The number of nitrogens with one attached hydrogen (secondary N) is 1. The van der Waals surface area contributed by atoms with Crippen LogP contribution in [0.15, 0.2) is 72.1 Å². The van der Waals surface area contributed by atoms with Crippen LogP contribution in [0.5, 0.6) is 0 Å². The summed E-state index contributed by atoms with van der Waals surface area (Å²) in [6.45, 7) is 0. The van der Waals surface area contributed by atoms with Crippen molar-refractivity contribution in [1.29, 1.82) is 0 Å². The molecule has 0 spiro atoms. The number of anilines is 1. The summed E-state index contributed by atoms with van der Waals surface area (Å²) in [7, 11) is 0. The molecule has 0 radical (unpaired) electrons. The number of aromatic nitrogens is 3. The van der Waals surface area contributed by atoms with Gasteiger partial charge in [0.1, 0.15) is 6.33 Å². The molecule has 3 rings (SSSR count). The van der Waals surface area contributed by atoms with Gasteiger partial charge in [0.15, 0.2) is 0 Å². The molecule has 3 aromatic rings. The average Bonchev–Trinajstić information content (AvgIpc) is 2.97. The van der Waals surface area contributed by atoms with Gasteiger partial charge in [0.05, 0.1) is 0 Å². The van der Waals surface area contributed by atoms with Gasteiger partial charge in [-0.15, -0.1) is 10.2 Å². The highest BCUT2D eigenvalue weighted by molar-refractivity contribution is 8.13. The van der Waals surface area contributed by atoms with Gasteiger partial charge in [-0.05, 0) is 24.3 Å². The summed E-state index contributed by atoms with van der Waals surface area (Å²) >= 11 is 1.01. The van der Waals surface area contributed by atoms with E-state index in [4.69, 9.17) is 0 Å². The molecule has 21 heavy (non-hydrogen) atoms. The number of thioether (sulfide) groups is 1. The molecule has 0 atom stereocenters. The van der Waals surface area contributed by atoms with Crippen LogP contribution >= 0.6 is 11.8 Å². The lowest BCUT2D eigenvalue weighted by atomic mass is 10.3. The molecule has 0 fully saturated rings. The van der Waals surface area contributed by atoms with Gasteiger partial charge >= 0.3 is 0 Å². The Labute approximate surface area is 126 Å². The van der Waals surface area contributed by atoms with Crippen molar-refractivity contribution in [2.45, 2.75) is 5.16 Å². The van der Waals surface area contributed by atoms with Crippen LogP contribution in [0.2, 0.25) is 0 Å². The van der Waals surface area contributed by atoms with Gasteiger partial charge < -0.3 is 5.32 Å². The average molecular weight is 296 g/mol. The fraction of sp³-hybridized carbons (Fsp3) is 0. The summed E-state index contributed by atoms with van der Waals surface area (Å²) in [5, 5.41) is 11.0. The summed E-state index contributed by atoms with van der Waals surface area (Å²) in [6.07, 6.45) is 1.59. The number of amides is 1. The monoisotopic (exact) mass is 296 g/mol. The fourth-order valence-corrected chi connectivity index (χ4v) is 2.48. The molecule has 0 bridgehead atoms. The van der Waals surface area contributed by atoms with Crippen molar-refractivity contribution >= 4 is 22.7 Å². The van der Waals surface area contributed by atoms with Crippen molar-refractivity contribution in [1.82, 2.24) is 14.8 Å². The number of hydrogen-bond acceptors (Lipinski definition) is 4. The summed E-state index contributed by atoms with van der Waals surface area (Å²) in [6, 6.07) is 18.9. The van der Waals surface area contributed by atoms with Gasteiger partial charge in [-0.25, -0.2) is 0 Å². The van der Waals surface area contributed by atoms with Crippen LogP contribution in [0.4, 0.5) is 10.5 Å². The van der Waals surface area contributed by atoms with Crippen molar-refractivity contribution < 1.29 is 4.79 Å². The lowest BCUT2D eigenvalue weighted by molar-refractivity contribution is 0.269. The molecule has 2 aromatic carbocycles. The third kappa shape index (κ3) is 3.29. The molecule has 104 valence electrons. The quantitative estimate of drug-likeness (QED) is 0.750.